The molecule has 1 heterocycles. The van der Waals surface area contributed by atoms with Crippen molar-refractivity contribution in [2.45, 2.75) is 64.4 Å². The van der Waals surface area contributed by atoms with Gasteiger partial charge in [-0.2, -0.15) is 13.2 Å². The number of amides is 2. The van der Waals surface area contributed by atoms with Crippen LogP contribution in [0.5, 0.6) is 0 Å². The molecule has 0 aromatic heterocycles. The van der Waals surface area contributed by atoms with Gasteiger partial charge in [0.05, 0.1) is 23.2 Å². The number of benzodiazepines with no additional fused rings is 1. The van der Waals surface area contributed by atoms with Gasteiger partial charge >= 0.3 is 12.1 Å². The number of hydrogen-bond donors (Lipinski definition) is 2. The fourth-order valence-electron chi connectivity index (χ4n) is 5.01. The second-order valence-electron chi connectivity index (χ2n) is 11.6. The average Bonchev–Trinajstić information content (AvgIpc) is 3.07. The molecular formula is C33H33F4N3O4. The zero-order valence-electron chi connectivity index (χ0n) is 24.7. The Hall–Kier alpha value is -4.54. The third-order valence-electron chi connectivity index (χ3n) is 6.96. The maximum Gasteiger partial charge on any atom is 0.389 e. The van der Waals surface area contributed by atoms with Gasteiger partial charge in [0.15, 0.2) is 0 Å². The van der Waals surface area contributed by atoms with Gasteiger partial charge in [0.1, 0.15) is 11.4 Å². The van der Waals surface area contributed by atoms with Crippen LogP contribution in [0.1, 0.15) is 61.8 Å². The third kappa shape index (κ3) is 8.09. The summed E-state index contributed by atoms with van der Waals surface area (Å²) < 4.78 is 60.3. The van der Waals surface area contributed by atoms with Gasteiger partial charge in [-0.15, -0.1) is 0 Å². The van der Waals surface area contributed by atoms with E-state index in [1.165, 1.54) is 30.3 Å². The zero-order chi connectivity index (χ0) is 32.2. The maximum absolute atomic E-state index is 14.3. The number of fused-ring (bicyclic) bond motifs is 1. The molecule has 2 N–H and O–H groups in total. The molecule has 0 fully saturated rings. The molecule has 1 aliphatic rings. The summed E-state index contributed by atoms with van der Waals surface area (Å²) in [6.45, 7) is 6.57. The Morgan fingerprint density at radius 3 is 2.32 bits per heavy atom. The van der Waals surface area contributed by atoms with E-state index in [2.05, 4.69) is 15.6 Å². The average molecular weight is 612 g/mol. The number of halogens is 4. The van der Waals surface area contributed by atoms with Crippen LogP contribution in [0.3, 0.4) is 0 Å². The van der Waals surface area contributed by atoms with E-state index in [-0.39, 0.29) is 11.3 Å². The second kappa shape index (κ2) is 13.0. The van der Waals surface area contributed by atoms with Crippen LogP contribution in [0.25, 0.3) is 0 Å². The highest BCUT2D eigenvalue weighted by Crippen LogP contribution is 2.35. The number of nitrogens with one attached hydrogen (secondary N) is 2. The highest BCUT2D eigenvalue weighted by Gasteiger charge is 2.42. The highest BCUT2D eigenvalue weighted by molar-refractivity contribution is 6.20. The van der Waals surface area contributed by atoms with Crippen molar-refractivity contribution in [3.8, 4) is 0 Å². The van der Waals surface area contributed by atoms with Crippen molar-refractivity contribution < 1.29 is 36.7 Å². The molecule has 0 aliphatic carbocycles. The Kier molecular flexibility index (Phi) is 9.56. The van der Waals surface area contributed by atoms with Crippen molar-refractivity contribution in [3.05, 3.63) is 101 Å². The van der Waals surface area contributed by atoms with Crippen molar-refractivity contribution in [3.63, 3.8) is 0 Å². The molecule has 0 radical (unpaired) electrons. The largest absolute Gasteiger partial charge is 0.459 e. The molecule has 1 aliphatic heterocycles. The summed E-state index contributed by atoms with van der Waals surface area (Å²) in [7, 11) is 0. The minimum Gasteiger partial charge on any atom is -0.459 e. The lowest BCUT2D eigenvalue weighted by Crippen LogP contribution is -2.47. The van der Waals surface area contributed by atoms with E-state index in [1.807, 2.05) is 0 Å². The number of esters is 1. The van der Waals surface area contributed by atoms with E-state index in [9.17, 15) is 31.9 Å². The van der Waals surface area contributed by atoms with Crippen LogP contribution in [0.4, 0.5) is 23.2 Å². The second-order valence-corrected chi connectivity index (χ2v) is 11.6. The SMILES string of the molecule is Cc1cccc2c1NC(=O)C(NC(=O)C(CCC(F)(F)F)C(C(=O)OC(C)(C)C)c1ccccc1)N=C2c1cccc(F)c1. The van der Waals surface area contributed by atoms with E-state index >= 15 is 0 Å². The van der Waals surface area contributed by atoms with Crippen LogP contribution in [-0.4, -0.2) is 41.4 Å². The van der Waals surface area contributed by atoms with Crippen molar-refractivity contribution in [1.29, 1.82) is 0 Å². The van der Waals surface area contributed by atoms with Crippen molar-refractivity contribution >= 4 is 29.2 Å². The molecule has 0 spiro atoms. The number of benzene rings is 3. The van der Waals surface area contributed by atoms with E-state index < -0.39 is 66.2 Å². The summed E-state index contributed by atoms with van der Waals surface area (Å²) in [4.78, 5) is 45.3. The number of aliphatic imine (C=N–C) groups is 1. The fraction of sp³-hybridized carbons (Fsp3) is 0.333. The Balaban J connectivity index is 1.78. The molecule has 0 saturated carbocycles. The number of ether oxygens (including phenoxy) is 1. The number of alkyl halides is 3. The summed E-state index contributed by atoms with van der Waals surface area (Å²) in [5.41, 5.74) is 1.31. The summed E-state index contributed by atoms with van der Waals surface area (Å²) in [5, 5.41) is 5.21. The minimum absolute atomic E-state index is 0.186. The molecule has 11 heteroatoms. The number of aryl methyl sites for hydroxylation is 1. The Labute approximate surface area is 252 Å². The first-order valence-corrected chi connectivity index (χ1v) is 14.0. The lowest BCUT2D eigenvalue weighted by Gasteiger charge is -2.30. The summed E-state index contributed by atoms with van der Waals surface area (Å²) in [5.74, 6) is -6.20. The number of nitrogens with zero attached hydrogens (tertiary/aromatic N) is 1. The van der Waals surface area contributed by atoms with Gasteiger partial charge in [0.25, 0.3) is 5.91 Å². The molecule has 232 valence electrons. The number of para-hydroxylation sites is 1. The van der Waals surface area contributed by atoms with E-state index in [4.69, 9.17) is 4.74 Å². The Morgan fingerprint density at radius 1 is 1.00 bits per heavy atom. The van der Waals surface area contributed by atoms with Gasteiger partial charge < -0.3 is 15.4 Å². The first-order chi connectivity index (χ1) is 20.6. The van der Waals surface area contributed by atoms with Crippen LogP contribution in [0, 0.1) is 18.7 Å². The predicted molar refractivity (Wildman–Crippen MR) is 158 cm³/mol. The van der Waals surface area contributed by atoms with Crippen molar-refractivity contribution in [2.75, 3.05) is 5.32 Å². The van der Waals surface area contributed by atoms with Crippen LogP contribution < -0.4 is 10.6 Å². The molecule has 0 saturated heterocycles. The number of rotatable bonds is 8. The molecule has 3 aromatic carbocycles. The van der Waals surface area contributed by atoms with Gasteiger partial charge in [0, 0.05) is 17.5 Å². The topological polar surface area (TPSA) is 96.9 Å². The van der Waals surface area contributed by atoms with E-state index in [0.29, 0.717) is 22.4 Å². The molecule has 7 nitrogen and oxygen atoms in total. The first-order valence-electron chi connectivity index (χ1n) is 14.0. The molecule has 0 bridgehead atoms. The normalized spacial score (nSPS) is 16.5. The van der Waals surface area contributed by atoms with E-state index in [1.54, 1.807) is 70.2 Å². The fourth-order valence-corrected chi connectivity index (χ4v) is 5.01. The zero-order valence-corrected chi connectivity index (χ0v) is 24.7. The molecule has 2 amide bonds. The summed E-state index contributed by atoms with van der Waals surface area (Å²) >= 11 is 0. The number of carbonyl (C=O) groups is 3. The van der Waals surface area contributed by atoms with Gasteiger partial charge in [-0.25, -0.2) is 9.38 Å². The summed E-state index contributed by atoms with van der Waals surface area (Å²) in [6, 6.07) is 18.6. The standard InChI is InChI=1S/C33H33F4N3O4/c1-19-10-8-15-24-26(19)39-30(42)28(38-27(24)21-13-9-14-22(34)18-21)40-29(41)23(16-17-33(35,36)37)25(20-11-6-5-7-12-20)31(43)44-32(2,3)4/h5-15,18,23,25,28H,16-17H2,1-4H3,(H,39,42)(H,40,41). The van der Waals surface area contributed by atoms with Crippen LogP contribution >= 0.6 is 0 Å². The van der Waals surface area contributed by atoms with Gasteiger partial charge in [-0.3, -0.25) is 14.4 Å². The summed E-state index contributed by atoms with van der Waals surface area (Å²) in [6.07, 6.45) is -8.37. The predicted octanol–water partition coefficient (Wildman–Crippen LogP) is 6.45. The smallest absolute Gasteiger partial charge is 0.389 e. The molecule has 3 aromatic rings. The van der Waals surface area contributed by atoms with Gasteiger partial charge in [0.2, 0.25) is 12.1 Å². The van der Waals surface area contributed by atoms with Crippen LogP contribution in [0.15, 0.2) is 77.8 Å². The lowest BCUT2D eigenvalue weighted by atomic mass is 9.82. The van der Waals surface area contributed by atoms with Gasteiger partial charge in [-0.05, 0) is 57.4 Å². The maximum atomic E-state index is 14.3. The first kappa shape index (κ1) is 32.4. The minimum atomic E-state index is -4.63. The van der Waals surface area contributed by atoms with Gasteiger partial charge in [-0.1, -0.05) is 60.7 Å². The number of anilines is 1. The molecule has 4 rings (SSSR count). The quantitative estimate of drug-likeness (QED) is 0.226. The molecule has 3 unspecified atom stereocenters. The number of carbonyl (C=O) groups excluding carboxylic acids is 3. The monoisotopic (exact) mass is 611 g/mol. The number of hydrogen-bond acceptors (Lipinski definition) is 5. The Bertz CT molecular complexity index is 1570. The van der Waals surface area contributed by atoms with Crippen molar-refractivity contribution in [2.24, 2.45) is 10.9 Å². The van der Waals surface area contributed by atoms with Crippen molar-refractivity contribution in [1.82, 2.24) is 5.32 Å². The molecule has 44 heavy (non-hydrogen) atoms. The van der Waals surface area contributed by atoms with E-state index in [0.717, 1.165) is 0 Å². The van der Waals surface area contributed by atoms with Crippen LogP contribution in [-0.2, 0) is 19.1 Å². The third-order valence-corrected chi connectivity index (χ3v) is 6.96. The Morgan fingerprint density at radius 2 is 1.68 bits per heavy atom. The highest BCUT2D eigenvalue weighted by atomic mass is 19.4. The molecular weight excluding hydrogens is 578 g/mol. The lowest BCUT2D eigenvalue weighted by molar-refractivity contribution is -0.162. The van der Waals surface area contributed by atoms with Crippen LogP contribution in [0.2, 0.25) is 0 Å². The molecule has 3 atom stereocenters.